The molecule has 0 amide bonds. The Morgan fingerprint density at radius 3 is 2.47 bits per heavy atom. The molecule has 19 heavy (non-hydrogen) atoms. The summed E-state index contributed by atoms with van der Waals surface area (Å²) in [5, 5.41) is 1.21. The minimum atomic E-state index is 0.0331. The third-order valence-electron chi connectivity index (χ3n) is 3.06. The Balaban J connectivity index is 2.28. The number of hydrogen-bond acceptors (Lipinski definition) is 1. The topological polar surface area (TPSA) is 17.1 Å². The maximum atomic E-state index is 12.3. The molecule has 0 aliphatic rings. The Hall–Kier alpha value is -1.31. The number of benzene rings is 2. The average Bonchev–Trinajstić information content (AvgIpc) is 2.35. The van der Waals surface area contributed by atoms with Crippen LogP contribution in [0.3, 0.4) is 0 Å². The highest BCUT2D eigenvalue weighted by Crippen LogP contribution is 2.22. The summed E-state index contributed by atoms with van der Waals surface area (Å²) in [7, 11) is 0. The Morgan fingerprint density at radius 1 is 1.05 bits per heavy atom. The number of Topliss-reactive ketones (excluding diaryl/α,β-unsaturated/α-hetero) is 1. The summed E-state index contributed by atoms with van der Waals surface area (Å²) in [6.45, 7) is 3.87. The van der Waals surface area contributed by atoms with Crippen LogP contribution < -0.4 is 0 Å². The lowest BCUT2D eigenvalue weighted by atomic mass is 9.99. The van der Waals surface area contributed by atoms with Gasteiger partial charge in [-0.25, -0.2) is 0 Å². The molecule has 2 rings (SSSR count). The van der Waals surface area contributed by atoms with E-state index < -0.39 is 0 Å². The minimum Gasteiger partial charge on any atom is -0.294 e. The minimum absolute atomic E-state index is 0.0331. The highest BCUT2D eigenvalue weighted by molar-refractivity contribution is 6.32. The summed E-state index contributed by atoms with van der Waals surface area (Å²) >= 11 is 12.1. The Morgan fingerprint density at radius 2 is 1.79 bits per heavy atom. The molecule has 0 N–H and O–H groups in total. The summed E-state index contributed by atoms with van der Waals surface area (Å²) in [6.07, 6.45) is 0.292. The fourth-order valence-corrected chi connectivity index (χ4v) is 2.43. The molecule has 3 heteroatoms. The lowest BCUT2D eigenvalue weighted by Gasteiger charge is -2.07. The largest absolute Gasteiger partial charge is 0.294 e. The van der Waals surface area contributed by atoms with E-state index in [-0.39, 0.29) is 5.78 Å². The van der Waals surface area contributed by atoms with E-state index >= 15 is 0 Å². The van der Waals surface area contributed by atoms with Crippen LogP contribution in [0.5, 0.6) is 0 Å². The first-order chi connectivity index (χ1) is 8.97. The van der Waals surface area contributed by atoms with Gasteiger partial charge in [0.05, 0.1) is 0 Å². The van der Waals surface area contributed by atoms with Gasteiger partial charge in [-0.2, -0.15) is 0 Å². The molecule has 0 fully saturated rings. The Labute approximate surface area is 123 Å². The van der Waals surface area contributed by atoms with Crippen molar-refractivity contribution in [3.05, 3.63) is 68.7 Å². The second kappa shape index (κ2) is 5.77. The van der Waals surface area contributed by atoms with Gasteiger partial charge in [-0.3, -0.25) is 4.79 Å². The maximum Gasteiger partial charge on any atom is 0.167 e. The third-order valence-corrected chi connectivity index (χ3v) is 3.65. The van der Waals surface area contributed by atoms with Gasteiger partial charge in [-0.1, -0.05) is 41.4 Å². The quantitative estimate of drug-likeness (QED) is 0.725. The van der Waals surface area contributed by atoms with Crippen LogP contribution in [0, 0.1) is 13.8 Å². The van der Waals surface area contributed by atoms with Crippen molar-refractivity contribution in [2.45, 2.75) is 20.3 Å². The summed E-state index contributed by atoms with van der Waals surface area (Å²) in [4.78, 5) is 12.3. The normalized spacial score (nSPS) is 10.5. The zero-order valence-corrected chi connectivity index (χ0v) is 12.3. The maximum absolute atomic E-state index is 12.3. The summed E-state index contributed by atoms with van der Waals surface area (Å²) in [5.41, 5.74) is 3.51. The van der Waals surface area contributed by atoms with Gasteiger partial charge in [0.1, 0.15) is 0 Å². The molecule has 0 bridgehead atoms. The highest BCUT2D eigenvalue weighted by Gasteiger charge is 2.12. The zero-order chi connectivity index (χ0) is 14.0. The van der Waals surface area contributed by atoms with Crippen molar-refractivity contribution in [3.63, 3.8) is 0 Å². The van der Waals surface area contributed by atoms with E-state index in [4.69, 9.17) is 23.2 Å². The number of rotatable bonds is 3. The van der Waals surface area contributed by atoms with Crippen molar-refractivity contribution in [2.24, 2.45) is 0 Å². The van der Waals surface area contributed by atoms with Crippen molar-refractivity contribution in [1.29, 1.82) is 0 Å². The van der Waals surface area contributed by atoms with Gasteiger partial charge in [0.15, 0.2) is 5.78 Å². The molecular weight excluding hydrogens is 279 g/mol. The van der Waals surface area contributed by atoms with Gasteiger partial charge >= 0.3 is 0 Å². The molecule has 0 aliphatic carbocycles. The lowest BCUT2D eigenvalue weighted by Crippen LogP contribution is -2.06. The third kappa shape index (κ3) is 3.37. The monoisotopic (exact) mass is 292 g/mol. The zero-order valence-electron chi connectivity index (χ0n) is 10.8. The van der Waals surface area contributed by atoms with Crippen molar-refractivity contribution < 1.29 is 4.79 Å². The van der Waals surface area contributed by atoms with Gasteiger partial charge in [0.2, 0.25) is 0 Å². The van der Waals surface area contributed by atoms with Crippen LogP contribution in [-0.2, 0) is 6.42 Å². The second-order valence-corrected chi connectivity index (χ2v) is 5.50. The number of hydrogen-bond donors (Lipinski definition) is 0. The fraction of sp³-hybridized carbons (Fsp3) is 0.188. The van der Waals surface area contributed by atoms with Gasteiger partial charge < -0.3 is 0 Å². The van der Waals surface area contributed by atoms with Crippen LogP contribution in [0.1, 0.15) is 27.0 Å². The molecule has 0 aromatic heterocycles. The summed E-state index contributed by atoms with van der Waals surface area (Å²) in [5.74, 6) is 0.0331. The SMILES string of the molecule is Cc1ccc(CC(=O)c2cc(Cl)ccc2C)c(Cl)c1. The number of halogens is 2. The van der Waals surface area contributed by atoms with E-state index in [0.29, 0.717) is 22.0 Å². The molecule has 98 valence electrons. The number of carbonyl (C=O) groups excluding carboxylic acids is 1. The van der Waals surface area contributed by atoms with Crippen molar-refractivity contribution >= 4 is 29.0 Å². The highest BCUT2D eigenvalue weighted by atomic mass is 35.5. The molecule has 2 aromatic rings. The predicted molar refractivity (Wildman–Crippen MR) is 80.4 cm³/mol. The van der Waals surface area contributed by atoms with Gasteiger partial charge in [0.25, 0.3) is 0 Å². The summed E-state index contributed by atoms with van der Waals surface area (Å²) < 4.78 is 0. The van der Waals surface area contributed by atoms with Crippen LogP contribution in [0.15, 0.2) is 36.4 Å². The second-order valence-electron chi connectivity index (χ2n) is 4.65. The fourth-order valence-electron chi connectivity index (χ4n) is 1.96. The van der Waals surface area contributed by atoms with E-state index in [0.717, 1.165) is 16.7 Å². The van der Waals surface area contributed by atoms with Crippen molar-refractivity contribution in [1.82, 2.24) is 0 Å². The first-order valence-corrected chi connectivity index (χ1v) is 6.77. The number of ketones is 1. The summed E-state index contributed by atoms with van der Waals surface area (Å²) in [6, 6.07) is 11.1. The van der Waals surface area contributed by atoms with E-state index in [1.807, 2.05) is 38.1 Å². The average molecular weight is 293 g/mol. The molecule has 2 aromatic carbocycles. The van der Waals surface area contributed by atoms with Crippen LogP contribution in [0.4, 0.5) is 0 Å². The first-order valence-electron chi connectivity index (χ1n) is 6.02. The van der Waals surface area contributed by atoms with Crippen LogP contribution in [0.2, 0.25) is 10.0 Å². The molecule has 0 saturated heterocycles. The van der Waals surface area contributed by atoms with Crippen LogP contribution >= 0.6 is 23.2 Å². The van der Waals surface area contributed by atoms with E-state index in [9.17, 15) is 4.79 Å². The molecule has 0 saturated carbocycles. The van der Waals surface area contributed by atoms with Gasteiger partial charge in [-0.05, 0) is 48.7 Å². The Kier molecular flexibility index (Phi) is 4.28. The van der Waals surface area contributed by atoms with Crippen LogP contribution in [-0.4, -0.2) is 5.78 Å². The number of aryl methyl sites for hydroxylation is 2. The number of carbonyl (C=O) groups is 1. The molecule has 1 nitrogen and oxygen atoms in total. The van der Waals surface area contributed by atoms with Crippen molar-refractivity contribution in [2.75, 3.05) is 0 Å². The smallest absolute Gasteiger partial charge is 0.167 e. The standard InChI is InChI=1S/C16H14Cl2O/c1-10-3-5-12(15(18)7-10)8-16(19)14-9-13(17)6-4-11(14)2/h3-7,9H,8H2,1-2H3. The molecule has 0 atom stereocenters. The molecule has 0 aliphatic heterocycles. The molecule has 0 spiro atoms. The van der Waals surface area contributed by atoms with E-state index in [1.165, 1.54) is 0 Å². The first kappa shape index (κ1) is 14.1. The van der Waals surface area contributed by atoms with Gasteiger partial charge in [-0.15, -0.1) is 0 Å². The van der Waals surface area contributed by atoms with E-state index in [1.54, 1.807) is 12.1 Å². The Bertz CT molecular complexity index is 633. The van der Waals surface area contributed by atoms with E-state index in [2.05, 4.69) is 0 Å². The van der Waals surface area contributed by atoms with Crippen molar-refractivity contribution in [3.8, 4) is 0 Å². The molecular formula is C16H14Cl2O. The molecule has 0 heterocycles. The molecule has 0 radical (unpaired) electrons. The lowest BCUT2D eigenvalue weighted by molar-refractivity contribution is 0.0992. The predicted octanol–water partition coefficient (Wildman–Crippen LogP) is 5.04. The molecule has 0 unspecified atom stereocenters. The van der Waals surface area contributed by atoms with Crippen LogP contribution in [0.25, 0.3) is 0 Å². The van der Waals surface area contributed by atoms with Gasteiger partial charge in [0, 0.05) is 22.0 Å².